The van der Waals surface area contributed by atoms with Crippen molar-refractivity contribution in [1.29, 1.82) is 0 Å². The van der Waals surface area contributed by atoms with Crippen molar-refractivity contribution in [3.05, 3.63) is 157 Å². The summed E-state index contributed by atoms with van der Waals surface area (Å²) in [5.41, 5.74) is -1.27. The van der Waals surface area contributed by atoms with Crippen LogP contribution in [0.25, 0.3) is 87.6 Å². The van der Waals surface area contributed by atoms with Crippen molar-refractivity contribution in [1.82, 2.24) is 0 Å². The molecule has 0 bridgehead atoms. The van der Waals surface area contributed by atoms with Crippen LogP contribution >= 0.6 is 0 Å². The molecular formula is C42H26O. The lowest BCUT2D eigenvalue weighted by atomic mass is 9.84. The number of fused-ring (bicyclic) bond motifs is 6. The van der Waals surface area contributed by atoms with E-state index < -0.39 is 125 Å². The van der Waals surface area contributed by atoms with E-state index in [1.54, 1.807) is 48.5 Å². The first-order valence-corrected chi connectivity index (χ1v) is 13.3. The van der Waals surface area contributed by atoms with Crippen molar-refractivity contribution >= 4 is 54.3 Å². The van der Waals surface area contributed by atoms with Crippen LogP contribution in [0.5, 0.6) is 0 Å². The van der Waals surface area contributed by atoms with Gasteiger partial charge in [-0.15, -0.1) is 0 Å². The summed E-state index contributed by atoms with van der Waals surface area (Å²) < 4.78 is 164. The first-order chi connectivity index (χ1) is 28.8. The highest BCUT2D eigenvalue weighted by atomic mass is 16.3. The van der Waals surface area contributed by atoms with E-state index >= 15 is 0 Å². The van der Waals surface area contributed by atoms with E-state index in [1.807, 2.05) is 0 Å². The van der Waals surface area contributed by atoms with Gasteiger partial charge in [0.15, 0.2) is 0 Å². The van der Waals surface area contributed by atoms with Gasteiger partial charge in [-0.1, -0.05) is 133 Å². The number of hydrogen-bond donors (Lipinski definition) is 0. The maximum absolute atomic E-state index is 9.61. The molecule has 9 rings (SSSR count). The van der Waals surface area contributed by atoms with Crippen molar-refractivity contribution in [2.24, 2.45) is 0 Å². The third-order valence-corrected chi connectivity index (χ3v) is 7.50. The topological polar surface area (TPSA) is 13.1 Å². The van der Waals surface area contributed by atoms with Crippen LogP contribution in [0.3, 0.4) is 0 Å². The van der Waals surface area contributed by atoms with Gasteiger partial charge in [0.25, 0.3) is 0 Å². The molecule has 0 saturated heterocycles. The summed E-state index contributed by atoms with van der Waals surface area (Å²) in [6.07, 6.45) is 0. The van der Waals surface area contributed by atoms with Gasteiger partial charge in [0.1, 0.15) is 11.2 Å². The van der Waals surface area contributed by atoms with Gasteiger partial charge in [0, 0.05) is 10.8 Å². The Morgan fingerprint density at radius 3 is 1.65 bits per heavy atom. The van der Waals surface area contributed by atoms with E-state index in [-0.39, 0.29) is 43.8 Å². The molecule has 1 aromatic heterocycles. The second kappa shape index (κ2) is 9.44. The molecule has 200 valence electrons. The first-order valence-electron chi connectivity index (χ1n) is 22.3. The summed E-state index contributed by atoms with van der Waals surface area (Å²) >= 11 is 0. The van der Waals surface area contributed by atoms with Crippen LogP contribution in [0, 0.1) is 0 Å². The number of benzene rings is 8. The van der Waals surface area contributed by atoms with Gasteiger partial charge >= 0.3 is 0 Å². The molecule has 1 nitrogen and oxygen atoms in total. The zero-order valence-corrected chi connectivity index (χ0v) is 22.0. The Bertz CT molecular complexity index is 3420. The highest BCUT2D eigenvalue weighted by molar-refractivity contribution is 6.24. The molecule has 0 aliphatic carbocycles. The van der Waals surface area contributed by atoms with Crippen LogP contribution in [0.15, 0.2) is 162 Å². The summed E-state index contributed by atoms with van der Waals surface area (Å²) in [6, 6.07) is 2.77. The molecule has 0 unspecified atom stereocenters. The molecule has 0 aliphatic heterocycles. The summed E-state index contributed by atoms with van der Waals surface area (Å²) in [7, 11) is 0. The van der Waals surface area contributed by atoms with Crippen molar-refractivity contribution in [3.8, 4) is 33.4 Å². The van der Waals surface area contributed by atoms with E-state index in [9.17, 15) is 5.48 Å². The fraction of sp³-hybridized carbons (Fsp3) is 0. The minimum atomic E-state index is -0.716. The van der Waals surface area contributed by atoms with Crippen molar-refractivity contribution in [3.63, 3.8) is 0 Å². The molecule has 0 N–H and O–H groups in total. The van der Waals surface area contributed by atoms with Gasteiger partial charge in [-0.05, 0) is 89.9 Å². The third kappa shape index (κ3) is 3.72. The van der Waals surface area contributed by atoms with E-state index in [0.717, 1.165) is 0 Å². The van der Waals surface area contributed by atoms with Gasteiger partial charge in [-0.3, -0.25) is 0 Å². The number of rotatable bonds is 3. The van der Waals surface area contributed by atoms with E-state index in [0.29, 0.717) is 27.1 Å². The van der Waals surface area contributed by atoms with Gasteiger partial charge in [0.2, 0.25) is 0 Å². The molecule has 0 saturated carbocycles. The maximum Gasteiger partial charge on any atom is 0.136 e. The Hall–Kier alpha value is -5.66. The molecule has 0 atom stereocenters. The lowest BCUT2D eigenvalue weighted by Crippen LogP contribution is -1.91. The Morgan fingerprint density at radius 1 is 0.395 bits per heavy atom. The number of furan rings is 1. The molecular weight excluding hydrogens is 520 g/mol. The maximum atomic E-state index is 9.61. The Balaban J connectivity index is 1.43. The van der Waals surface area contributed by atoms with Crippen LogP contribution < -0.4 is 0 Å². The molecule has 43 heavy (non-hydrogen) atoms. The predicted molar refractivity (Wildman–Crippen MR) is 183 cm³/mol. The van der Waals surface area contributed by atoms with Crippen LogP contribution in [0.4, 0.5) is 0 Å². The minimum absolute atomic E-state index is 0.0277. The Morgan fingerprint density at radius 2 is 0.953 bits per heavy atom. The Labute approximate surface area is 274 Å². The standard InChI is InChI=1S/C42H26O/c1-2-11-27(12-3-1)29-21-23-32-33-24-22-30(26-40(33)43-39(32)25-29)41-35-16-6-8-18-37(35)42(38-19-9-7-17-36(38)41)34-20-10-14-28-13-4-5-15-31(28)34/h1-26H/i1D,2D,3D,4D,5D,10D,11D,12D,13D,14D,15D,20D,21D,22D,23D,24D,25D,26D. The minimum Gasteiger partial charge on any atom is -0.456 e. The third-order valence-electron chi connectivity index (χ3n) is 7.50. The first kappa shape index (κ1) is 12.3. The van der Waals surface area contributed by atoms with E-state index in [4.69, 9.17) is 23.6 Å². The van der Waals surface area contributed by atoms with Crippen molar-refractivity contribution in [2.45, 2.75) is 0 Å². The highest BCUT2D eigenvalue weighted by Gasteiger charge is 2.19. The summed E-state index contributed by atoms with van der Waals surface area (Å²) in [4.78, 5) is 0. The molecule has 8 aromatic carbocycles. The van der Waals surface area contributed by atoms with Crippen molar-refractivity contribution in [2.75, 3.05) is 0 Å². The average Bonchev–Trinajstić information content (AvgIpc) is 3.67. The van der Waals surface area contributed by atoms with Crippen molar-refractivity contribution < 1.29 is 29.1 Å². The van der Waals surface area contributed by atoms with Crippen LogP contribution in [-0.4, -0.2) is 0 Å². The number of hydrogen-bond acceptors (Lipinski definition) is 1. The summed E-state index contributed by atoms with van der Waals surface area (Å²) in [5, 5.41) is 0.704. The van der Waals surface area contributed by atoms with Gasteiger partial charge in [0.05, 0.1) is 24.7 Å². The van der Waals surface area contributed by atoms with Crippen LogP contribution in [-0.2, 0) is 0 Å². The lowest BCUT2D eigenvalue weighted by molar-refractivity contribution is 0.669. The fourth-order valence-corrected chi connectivity index (χ4v) is 5.68. The van der Waals surface area contributed by atoms with Gasteiger partial charge < -0.3 is 4.42 Å². The van der Waals surface area contributed by atoms with Crippen LogP contribution in [0.1, 0.15) is 24.7 Å². The quantitative estimate of drug-likeness (QED) is 0.195. The largest absolute Gasteiger partial charge is 0.456 e. The second-order valence-electron chi connectivity index (χ2n) is 9.85. The fourth-order valence-electron chi connectivity index (χ4n) is 5.68. The second-order valence-corrected chi connectivity index (χ2v) is 9.85. The lowest BCUT2D eigenvalue weighted by Gasteiger charge is -2.18. The highest BCUT2D eigenvalue weighted by Crippen LogP contribution is 2.46. The van der Waals surface area contributed by atoms with E-state index in [1.165, 1.54) is 0 Å². The molecule has 0 spiro atoms. The summed E-state index contributed by atoms with van der Waals surface area (Å²) in [5.74, 6) is 0. The Kier molecular flexibility index (Phi) is 2.70. The zero-order valence-electron chi connectivity index (χ0n) is 40.0. The molecule has 1 heteroatoms. The smallest absolute Gasteiger partial charge is 0.136 e. The van der Waals surface area contributed by atoms with Gasteiger partial charge in [-0.2, -0.15) is 0 Å². The zero-order chi connectivity index (χ0) is 44.0. The molecule has 0 fully saturated rings. The SMILES string of the molecule is [2H]c1c([2H])c([2H])c(-c2c([2H])c([2H])c3c(oc4c([2H])c(-c5c6ccccc6c(-c6c([2H])c([2H])c([2H])c7c([2H])c([2H])c([2H])c([2H])c67)c6ccccc56)c([2H])c([2H])c43)c2[2H])c([2H])c1[2H]. The molecule has 0 amide bonds. The molecule has 1 heterocycles. The monoisotopic (exact) mass is 564 g/mol. The normalized spacial score (nSPS) is 17.6. The van der Waals surface area contributed by atoms with E-state index in [2.05, 4.69) is 0 Å². The average molecular weight is 565 g/mol. The molecule has 0 aliphatic rings. The molecule has 9 aromatic rings. The van der Waals surface area contributed by atoms with Gasteiger partial charge in [-0.25, -0.2) is 0 Å². The predicted octanol–water partition coefficient (Wildman–Crippen LogP) is 12.0. The summed E-state index contributed by atoms with van der Waals surface area (Å²) in [6.45, 7) is 0. The molecule has 0 radical (unpaired) electrons. The van der Waals surface area contributed by atoms with Crippen LogP contribution in [0.2, 0.25) is 0 Å².